The molecule has 0 aliphatic carbocycles. The van der Waals surface area contributed by atoms with E-state index in [2.05, 4.69) is 24.1 Å². The number of aliphatic hydroxyl groups is 1. The minimum absolute atomic E-state index is 0.0142. The highest BCUT2D eigenvalue weighted by Crippen LogP contribution is 2.56. The van der Waals surface area contributed by atoms with Gasteiger partial charge in [-0.05, 0) is 42.7 Å². The van der Waals surface area contributed by atoms with Gasteiger partial charge in [-0.2, -0.15) is 13.1 Å². The van der Waals surface area contributed by atoms with Crippen molar-refractivity contribution in [2.45, 2.75) is 31.7 Å². The number of benzene rings is 1. The number of rotatable bonds is 9. The number of amidine groups is 1. The van der Waals surface area contributed by atoms with Crippen LogP contribution in [0.2, 0.25) is 0 Å². The molecule has 13 nitrogen and oxygen atoms in total. The number of hydrogen-bond donors (Lipinski definition) is 7. The van der Waals surface area contributed by atoms with Gasteiger partial charge in [0.05, 0.1) is 23.4 Å². The van der Waals surface area contributed by atoms with E-state index in [-0.39, 0.29) is 40.1 Å². The Morgan fingerprint density at radius 3 is 2.68 bits per heavy atom. The van der Waals surface area contributed by atoms with Crippen molar-refractivity contribution < 1.29 is 27.7 Å². The van der Waals surface area contributed by atoms with Crippen LogP contribution in [0.5, 0.6) is 5.75 Å². The summed E-state index contributed by atoms with van der Waals surface area (Å²) in [4.78, 5) is 17.7. The number of aryl methyl sites for hydroxylation is 1. The molecule has 3 heterocycles. The van der Waals surface area contributed by atoms with Crippen LogP contribution in [0.4, 0.5) is 11.4 Å². The van der Waals surface area contributed by atoms with E-state index in [1.807, 2.05) is 13.8 Å². The molecule has 1 aliphatic rings. The highest BCUT2D eigenvalue weighted by atomic mass is 32.3. The van der Waals surface area contributed by atoms with E-state index in [4.69, 9.17) is 5.11 Å². The van der Waals surface area contributed by atoms with Gasteiger partial charge in [0.25, 0.3) is 15.8 Å². The van der Waals surface area contributed by atoms with E-state index < -0.39 is 38.9 Å². The zero-order valence-electron chi connectivity index (χ0n) is 20.0. The van der Waals surface area contributed by atoms with E-state index in [1.165, 1.54) is 29.0 Å². The number of fused-ring (bicyclic) bond motifs is 2. The molecule has 4 rings (SSSR count). The zero-order valence-corrected chi connectivity index (χ0v) is 21.7. The molecule has 1 aliphatic heterocycles. The van der Waals surface area contributed by atoms with Gasteiger partial charge < -0.3 is 15.5 Å². The Hall–Kier alpha value is -3.21. The Bertz CT molecular complexity index is 1540. The third kappa shape index (κ3) is 5.56. The number of aromatic hydroxyl groups is 1. The Labute approximate surface area is 214 Å². The number of anilines is 2. The Morgan fingerprint density at radius 2 is 1.97 bits per heavy atom. The predicted octanol–water partition coefficient (Wildman–Crippen LogP) is 2.28. The van der Waals surface area contributed by atoms with E-state index >= 15 is 0 Å². The summed E-state index contributed by atoms with van der Waals surface area (Å²) in [6, 6.07) is 7.17. The summed E-state index contributed by atoms with van der Waals surface area (Å²) < 4.78 is 55.5. The van der Waals surface area contributed by atoms with Gasteiger partial charge >= 0.3 is 0 Å². The molecule has 0 spiro atoms. The minimum Gasteiger partial charge on any atom is -0.506 e. The molecular formula is C22H28N6O7S2. The second kappa shape index (κ2) is 10.3. The average Bonchev–Trinajstić information content (AvgIpc) is 2.82. The molecule has 1 aromatic carbocycles. The zero-order chi connectivity index (χ0) is 27.0. The molecular weight excluding hydrogens is 524 g/mol. The van der Waals surface area contributed by atoms with Gasteiger partial charge in [0.15, 0.2) is 5.84 Å². The maximum Gasteiger partial charge on any atom is 0.299 e. The van der Waals surface area contributed by atoms with Gasteiger partial charge in [0.2, 0.25) is 0 Å². The molecule has 0 atom stereocenters. The monoisotopic (exact) mass is 552 g/mol. The topological polar surface area (TPSA) is 198 Å². The lowest BCUT2D eigenvalue weighted by molar-refractivity contribution is 0.301. The van der Waals surface area contributed by atoms with E-state index in [9.17, 15) is 27.4 Å². The third-order valence-electron chi connectivity index (χ3n) is 5.56. The molecule has 0 amide bonds. The molecule has 0 unspecified atom stereocenters. The summed E-state index contributed by atoms with van der Waals surface area (Å²) in [7, 11) is -7.92. The van der Waals surface area contributed by atoms with Crippen LogP contribution in [0.3, 0.4) is 0 Å². The minimum atomic E-state index is -4.02. The van der Waals surface area contributed by atoms with Crippen LogP contribution in [-0.2, 0) is 16.8 Å². The van der Waals surface area contributed by atoms with Crippen LogP contribution in [-0.4, -0.2) is 56.3 Å². The lowest BCUT2D eigenvalue weighted by Crippen LogP contribution is -2.33. The number of nitrogens with one attached hydrogen (secondary N) is 3. The molecule has 200 valence electrons. The van der Waals surface area contributed by atoms with Crippen molar-refractivity contribution in [3.63, 3.8) is 0 Å². The van der Waals surface area contributed by atoms with Crippen LogP contribution in [0.15, 0.2) is 50.6 Å². The Morgan fingerprint density at radius 1 is 1.22 bits per heavy atom. The van der Waals surface area contributed by atoms with Gasteiger partial charge in [-0.3, -0.25) is 23.2 Å². The average molecular weight is 553 g/mol. The largest absolute Gasteiger partial charge is 0.506 e. The fraction of sp³-hybridized carbons (Fsp3) is 0.318. The predicted molar refractivity (Wildman–Crippen MR) is 142 cm³/mol. The first-order valence-electron chi connectivity index (χ1n) is 11.3. The number of nitrogens with zero attached hydrogens (tertiary/aromatic N) is 3. The molecule has 0 bridgehead atoms. The highest BCUT2D eigenvalue weighted by molar-refractivity contribution is 8.23. The molecule has 3 aromatic rings. The van der Waals surface area contributed by atoms with Crippen molar-refractivity contribution in [2.75, 3.05) is 23.2 Å². The number of pyridine rings is 2. The first kappa shape index (κ1) is 26.8. The van der Waals surface area contributed by atoms with Crippen LogP contribution in [0, 0.1) is 5.92 Å². The fourth-order valence-electron chi connectivity index (χ4n) is 3.79. The van der Waals surface area contributed by atoms with E-state index in [1.54, 1.807) is 12.1 Å². The van der Waals surface area contributed by atoms with E-state index in [0.29, 0.717) is 24.0 Å². The van der Waals surface area contributed by atoms with Gasteiger partial charge in [0.1, 0.15) is 21.9 Å². The highest BCUT2D eigenvalue weighted by Gasteiger charge is 2.31. The number of aliphatic hydroxyl groups excluding tert-OH is 1. The summed E-state index contributed by atoms with van der Waals surface area (Å²) >= 11 is 0. The van der Waals surface area contributed by atoms with E-state index in [0.717, 1.165) is 0 Å². The maximum atomic E-state index is 13.5. The van der Waals surface area contributed by atoms with Crippen LogP contribution in [0.1, 0.15) is 25.8 Å². The standard InChI is InChI=1S/C22H28N6O7S2/c1-13(2)7-10-28-21-15(4-3-8-23-21)19(30)18(22(28)31)20-25-16-6-5-14(12-17(16)36(32,33)27-20)26-37(34,35)24-9-11-29/h3-6,8,12-13,24,26,29-30,32-33H,7,9-11H2,1-2H3,(H,25,27). The first-order chi connectivity index (χ1) is 17.4. The first-order valence-corrected chi connectivity index (χ1v) is 14.3. The van der Waals surface area contributed by atoms with Crippen molar-refractivity contribution in [3.8, 4) is 5.75 Å². The Kier molecular flexibility index (Phi) is 7.45. The summed E-state index contributed by atoms with van der Waals surface area (Å²) in [6.07, 6.45) is 2.18. The molecule has 0 radical (unpaired) electrons. The van der Waals surface area contributed by atoms with Crippen molar-refractivity contribution in [1.29, 1.82) is 0 Å². The van der Waals surface area contributed by atoms with Crippen molar-refractivity contribution in [3.05, 3.63) is 52.4 Å². The van der Waals surface area contributed by atoms with Gasteiger partial charge in [0, 0.05) is 19.3 Å². The lowest BCUT2D eigenvalue weighted by atomic mass is 10.1. The van der Waals surface area contributed by atoms with Crippen molar-refractivity contribution in [1.82, 2.24) is 14.3 Å². The SMILES string of the molecule is CC(C)CCn1c(=O)c(C2=NS(O)(O)c3cc(NS(=O)(=O)NCCO)ccc3N2)c(O)c2cccnc21. The van der Waals surface area contributed by atoms with Crippen molar-refractivity contribution in [2.24, 2.45) is 10.3 Å². The fourth-order valence-corrected chi connectivity index (χ4v) is 5.85. The number of aromatic nitrogens is 2. The summed E-state index contributed by atoms with van der Waals surface area (Å²) in [5.41, 5.74) is -0.374. The normalized spacial score (nSPS) is 15.7. The summed E-state index contributed by atoms with van der Waals surface area (Å²) in [5, 5.41) is 23.0. The molecule has 2 aromatic heterocycles. The third-order valence-corrected chi connectivity index (χ3v) is 8.02. The molecule has 15 heteroatoms. The van der Waals surface area contributed by atoms with Gasteiger partial charge in [-0.25, -0.2) is 4.98 Å². The van der Waals surface area contributed by atoms with Gasteiger partial charge in [-0.1, -0.05) is 24.6 Å². The van der Waals surface area contributed by atoms with Crippen LogP contribution < -0.4 is 20.3 Å². The lowest BCUT2D eigenvalue weighted by Gasteiger charge is -2.34. The number of hydrogen-bond acceptors (Lipinski definition) is 10. The maximum absolute atomic E-state index is 13.5. The molecule has 37 heavy (non-hydrogen) atoms. The van der Waals surface area contributed by atoms with Crippen LogP contribution >= 0.6 is 10.8 Å². The van der Waals surface area contributed by atoms with Crippen molar-refractivity contribution >= 4 is 49.2 Å². The summed E-state index contributed by atoms with van der Waals surface area (Å²) in [5.74, 6) is -0.354. The second-order valence-electron chi connectivity index (χ2n) is 8.76. The second-order valence-corrected chi connectivity index (χ2v) is 11.9. The smallest absolute Gasteiger partial charge is 0.299 e. The molecule has 0 saturated heterocycles. The Balaban J connectivity index is 1.78. The molecule has 7 N–H and O–H groups in total. The van der Waals surface area contributed by atoms with Crippen LogP contribution in [0.25, 0.3) is 11.0 Å². The van der Waals surface area contributed by atoms with Gasteiger partial charge in [-0.15, -0.1) is 4.40 Å². The molecule has 0 saturated carbocycles. The molecule has 0 fully saturated rings. The quantitative estimate of drug-likeness (QED) is 0.208. The summed E-state index contributed by atoms with van der Waals surface area (Å²) in [6.45, 7) is 3.75.